The van der Waals surface area contributed by atoms with Crippen LogP contribution in [0, 0.1) is 0 Å². The maximum atomic E-state index is 11.9. The van der Waals surface area contributed by atoms with Gasteiger partial charge < -0.3 is 14.8 Å². The first-order valence-corrected chi connectivity index (χ1v) is 7.19. The molecule has 0 aliphatic rings. The summed E-state index contributed by atoms with van der Waals surface area (Å²) in [4.78, 5) is 14.2. The molecule has 1 N–H and O–H groups in total. The molecule has 0 saturated heterocycles. The SMILES string of the molecule is CCCNC(CN(CCOC)C(C)C)C(=O)OCC. The van der Waals surface area contributed by atoms with Crippen LogP contribution in [0.25, 0.3) is 0 Å². The molecule has 0 rings (SSSR count). The molecule has 0 fully saturated rings. The number of nitrogens with zero attached hydrogens (tertiary/aromatic N) is 1. The Morgan fingerprint density at radius 1 is 1.32 bits per heavy atom. The normalized spacial score (nSPS) is 13.0. The third-order valence-electron chi connectivity index (χ3n) is 2.94. The van der Waals surface area contributed by atoms with E-state index in [0.29, 0.717) is 25.8 Å². The summed E-state index contributed by atoms with van der Waals surface area (Å²) in [5.74, 6) is -0.168. The highest BCUT2D eigenvalue weighted by Crippen LogP contribution is 2.02. The van der Waals surface area contributed by atoms with Gasteiger partial charge in [-0.1, -0.05) is 6.92 Å². The minimum Gasteiger partial charge on any atom is -0.465 e. The topological polar surface area (TPSA) is 50.8 Å². The molecule has 1 unspecified atom stereocenters. The fourth-order valence-corrected chi connectivity index (χ4v) is 1.79. The van der Waals surface area contributed by atoms with E-state index in [-0.39, 0.29) is 12.0 Å². The molecule has 5 heteroatoms. The van der Waals surface area contributed by atoms with Crippen LogP contribution in [0.1, 0.15) is 34.1 Å². The largest absolute Gasteiger partial charge is 0.465 e. The van der Waals surface area contributed by atoms with Crippen molar-refractivity contribution in [1.29, 1.82) is 0 Å². The van der Waals surface area contributed by atoms with E-state index in [4.69, 9.17) is 9.47 Å². The second kappa shape index (κ2) is 11.2. The van der Waals surface area contributed by atoms with Crippen LogP contribution < -0.4 is 5.32 Å². The molecule has 0 aromatic carbocycles. The van der Waals surface area contributed by atoms with Gasteiger partial charge in [-0.05, 0) is 33.7 Å². The Hall–Kier alpha value is -0.650. The molecule has 0 aliphatic carbocycles. The average molecular weight is 274 g/mol. The van der Waals surface area contributed by atoms with E-state index in [1.165, 1.54) is 0 Å². The van der Waals surface area contributed by atoms with E-state index in [1.807, 2.05) is 6.92 Å². The summed E-state index contributed by atoms with van der Waals surface area (Å²) < 4.78 is 10.2. The smallest absolute Gasteiger partial charge is 0.324 e. The van der Waals surface area contributed by atoms with Crippen LogP contribution in [-0.4, -0.2) is 62.9 Å². The molecular formula is C14H30N2O3. The molecule has 0 aromatic rings. The van der Waals surface area contributed by atoms with E-state index in [0.717, 1.165) is 19.5 Å². The van der Waals surface area contributed by atoms with Gasteiger partial charge in [-0.25, -0.2) is 0 Å². The van der Waals surface area contributed by atoms with Gasteiger partial charge in [0.2, 0.25) is 0 Å². The maximum Gasteiger partial charge on any atom is 0.324 e. The number of carbonyl (C=O) groups is 1. The van der Waals surface area contributed by atoms with Gasteiger partial charge in [0.1, 0.15) is 6.04 Å². The Morgan fingerprint density at radius 2 is 2.00 bits per heavy atom. The second-order valence-electron chi connectivity index (χ2n) is 4.84. The predicted octanol–water partition coefficient (Wildman–Crippen LogP) is 1.27. The Labute approximate surface area is 117 Å². The Morgan fingerprint density at radius 3 is 2.47 bits per heavy atom. The molecule has 0 aromatic heterocycles. The molecule has 0 radical (unpaired) electrons. The van der Waals surface area contributed by atoms with Crippen LogP contribution in [0.5, 0.6) is 0 Å². The number of methoxy groups -OCH3 is 1. The first kappa shape index (κ1) is 18.4. The van der Waals surface area contributed by atoms with Gasteiger partial charge in [0, 0.05) is 26.2 Å². The highest BCUT2D eigenvalue weighted by Gasteiger charge is 2.23. The van der Waals surface area contributed by atoms with E-state index in [9.17, 15) is 4.79 Å². The minimum absolute atomic E-state index is 0.168. The summed E-state index contributed by atoms with van der Waals surface area (Å²) in [6.07, 6.45) is 0.996. The van der Waals surface area contributed by atoms with Crippen LogP contribution in [0.2, 0.25) is 0 Å². The van der Waals surface area contributed by atoms with E-state index in [1.54, 1.807) is 7.11 Å². The Bertz CT molecular complexity index is 235. The summed E-state index contributed by atoms with van der Waals surface area (Å²) >= 11 is 0. The number of nitrogens with one attached hydrogen (secondary N) is 1. The van der Waals surface area contributed by atoms with Crippen LogP contribution in [-0.2, 0) is 14.3 Å². The molecule has 1 atom stereocenters. The standard InChI is InChI=1S/C14H30N2O3/c1-6-8-15-13(14(17)19-7-2)11-16(12(3)4)9-10-18-5/h12-13,15H,6-11H2,1-5H3. The quantitative estimate of drug-likeness (QED) is 0.575. The molecule has 0 amide bonds. The van der Waals surface area contributed by atoms with Crippen LogP contribution in [0.4, 0.5) is 0 Å². The fraction of sp³-hybridized carbons (Fsp3) is 0.929. The lowest BCUT2D eigenvalue weighted by Gasteiger charge is -2.30. The zero-order valence-electron chi connectivity index (χ0n) is 13.1. The van der Waals surface area contributed by atoms with E-state index in [2.05, 4.69) is 31.0 Å². The second-order valence-corrected chi connectivity index (χ2v) is 4.84. The van der Waals surface area contributed by atoms with Crippen LogP contribution in [0.15, 0.2) is 0 Å². The lowest BCUT2D eigenvalue weighted by atomic mass is 10.2. The molecule has 5 nitrogen and oxygen atoms in total. The Balaban J connectivity index is 4.49. The number of hydrogen-bond acceptors (Lipinski definition) is 5. The van der Waals surface area contributed by atoms with Crippen molar-refractivity contribution >= 4 is 5.97 Å². The summed E-state index contributed by atoms with van der Waals surface area (Å²) in [6, 6.07) is 0.106. The van der Waals surface area contributed by atoms with Gasteiger partial charge in [-0.2, -0.15) is 0 Å². The zero-order chi connectivity index (χ0) is 14.7. The van der Waals surface area contributed by atoms with Gasteiger partial charge in [-0.3, -0.25) is 9.69 Å². The van der Waals surface area contributed by atoms with Gasteiger partial charge in [0.05, 0.1) is 13.2 Å². The molecular weight excluding hydrogens is 244 g/mol. The van der Waals surface area contributed by atoms with Crippen LogP contribution >= 0.6 is 0 Å². The zero-order valence-corrected chi connectivity index (χ0v) is 13.1. The number of ether oxygens (including phenoxy) is 2. The van der Waals surface area contributed by atoms with Gasteiger partial charge in [0.15, 0.2) is 0 Å². The van der Waals surface area contributed by atoms with Crippen LogP contribution in [0.3, 0.4) is 0 Å². The summed E-state index contributed by atoms with van der Waals surface area (Å²) in [5, 5.41) is 3.26. The highest BCUT2D eigenvalue weighted by molar-refractivity contribution is 5.76. The maximum absolute atomic E-state index is 11.9. The summed E-state index contributed by atoms with van der Waals surface area (Å²) in [5.41, 5.74) is 0. The highest BCUT2D eigenvalue weighted by atomic mass is 16.5. The fourth-order valence-electron chi connectivity index (χ4n) is 1.79. The molecule has 19 heavy (non-hydrogen) atoms. The van der Waals surface area contributed by atoms with Crippen molar-refractivity contribution in [2.45, 2.75) is 46.2 Å². The molecule has 0 spiro atoms. The third-order valence-corrected chi connectivity index (χ3v) is 2.94. The van der Waals surface area contributed by atoms with Crippen molar-refractivity contribution in [1.82, 2.24) is 10.2 Å². The molecule has 0 heterocycles. The first-order chi connectivity index (χ1) is 9.06. The first-order valence-electron chi connectivity index (χ1n) is 7.19. The van der Waals surface area contributed by atoms with Crippen molar-refractivity contribution in [3.05, 3.63) is 0 Å². The van der Waals surface area contributed by atoms with Crippen molar-refractivity contribution in [2.24, 2.45) is 0 Å². The Kier molecular flexibility index (Phi) is 10.8. The van der Waals surface area contributed by atoms with Crippen molar-refractivity contribution < 1.29 is 14.3 Å². The average Bonchev–Trinajstić information content (AvgIpc) is 2.37. The van der Waals surface area contributed by atoms with Gasteiger partial charge >= 0.3 is 5.97 Å². The van der Waals surface area contributed by atoms with Gasteiger partial charge in [0.25, 0.3) is 0 Å². The number of hydrogen-bond donors (Lipinski definition) is 1. The van der Waals surface area contributed by atoms with E-state index >= 15 is 0 Å². The number of rotatable bonds is 11. The molecule has 0 aliphatic heterocycles. The monoisotopic (exact) mass is 274 g/mol. The minimum atomic E-state index is -0.265. The lowest BCUT2D eigenvalue weighted by molar-refractivity contribution is -0.146. The van der Waals surface area contributed by atoms with Crippen molar-refractivity contribution in [2.75, 3.05) is 40.0 Å². The van der Waals surface area contributed by atoms with Crippen molar-refractivity contribution in [3.63, 3.8) is 0 Å². The lowest BCUT2D eigenvalue weighted by Crippen LogP contribution is -2.49. The van der Waals surface area contributed by atoms with Gasteiger partial charge in [-0.15, -0.1) is 0 Å². The number of carbonyl (C=O) groups excluding carboxylic acids is 1. The molecule has 0 bridgehead atoms. The van der Waals surface area contributed by atoms with E-state index < -0.39 is 0 Å². The molecule has 114 valence electrons. The van der Waals surface area contributed by atoms with Crippen molar-refractivity contribution in [3.8, 4) is 0 Å². The number of esters is 1. The predicted molar refractivity (Wildman–Crippen MR) is 77.3 cm³/mol. The molecule has 0 saturated carbocycles. The summed E-state index contributed by atoms with van der Waals surface area (Å²) in [6.45, 7) is 11.5. The third kappa shape index (κ3) is 8.18. The summed E-state index contributed by atoms with van der Waals surface area (Å²) in [7, 11) is 1.69.